The van der Waals surface area contributed by atoms with Crippen LogP contribution < -0.4 is 11.1 Å². The maximum Gasteiger partial charge on any atom is 0.339 e. The zero-order valence-corrected chi connectivity index (χ0v) is 17.3. The molecule has 0 saturated heterocycles. The molecule has 2 heterocycles. The monoisotopic (exact) mass is 450 g/mol. The predicted molar refractivity (Wildman–Crippen MR) is 103 cm³/mol. The molecule has 0 aromatic heterocycles. The van der Waals surface area contributed by atoms with Crippen molar-refractivity contribution in [2.24, 2.45) is 5.73 Å². The fourth-order valence-electron chi connectivity index (χ4n) is 3.52. The second kappa shape index (κ2) is 6.97. The van der Waals surface area contributed by atoms with E-state index < -0.39 is 29.4 Å². The van der Waals surface area contributed by atoms with Crippen molar-refractivity contribution >= 4 is 39.5 Å². The van der Waals surface area contributed by atoms with E-state index in [1.807, 2.05) is 0 Å². The van der Waals surface area contributed by atoms with E-state index in [2.05, 4.69) is 21.2 Å². The normalized spacial score (nSPS) is 20.9. The predicted octanol–water partition coefficient (Wildman–Crippen LogP) is 2.24. The van der Waals surface area contributed by atoms with Gasteiger partial charge in [-0.25, -0.2) is 14.4 Å². The molecule has 0 amide bonds. The van der Waals surface area contributed by atoms with Crippen LogP contribution in [0.25, 0.3) is 0 Å². The summed E-state index contributed by atoms with van der Waals surface area (Å²) in [6, 6.07) is 5.04. The quantitative estimate of drug-likeness (QED) is 0.531. The third-order valence-electron chi connectivity index (χ3n) is 4.51. The molecule has 8 nitrogen and oxygen atoms in total. The number of ether oxygens (including phenoxy) is 3. The lowest BCUT2D eigenvalue weighted by Crippen LogP contribution is -2.48. The Bertz CT molecular complexity index is 965. The Morgan fingerprint density at radius 3 is 2.54 bits per heavy atom. The Balaban J connectivity index is 2.41. The van der Waals surface area contributed by atoms with E-state index in [9.17, 15) is 14.4 Å². The van der Waals surface area contributed by atoms with Gasteiger partial charge in [0.15, 0.2) is 5.41 Å². The molecule has 0 radical (unpaired) electrons. The highest BCUT2D eigenvalue weighted by atomic mass is 79.9. The van der Waals surface area contributed by atoms with Gasteiger partial charge in [-0.3, -0.25) is 0 Å². The van der Waals surface area contributed by atoms with Gasteiger partial charge in [-0.1, -0.05) is 15.9 Å². The molecule has 1 spiro atoms. The smallest absolute Gasteiger partial charge is 0.339 e. The molecule has 0 bridgehead atoms. The maximum atomic E-state index is 13.2. The highest BCUT2D eigenvalue weighted by Gasteiger charge is 2.62. The first kappa shape index (κ1) is 19.9. The average molecular weight is 451 g/mol. The number of allylic oxidation sites excluding steroid dienone is 1. The lowest BCUT2D eigenvalue weighted by atomic mass is 9.67. The second-order valence-electron chi connectivity index (χ2n) is 6.62. The fourth-order valence-corrected chi connectivity index (χ4v) is 3.88. The van der Waals surface area contributed by atoms with Crippen LogP contribution in [-0.4, -0.2) is 31.1 Å². The van der Waals surface area contributed by atoms with Crippen molar-refractivity contribution in [3.63, 3.8) is 0 Å². The molecular weight excluding hydrogens is 432 g/mol. The number of esters is 3. The van der Waals surface area contributed by atoms with Crippen molar-refractivity contribution < 1.29 is 28.6 Å². The Morgan fingerprint density at radius 1 is 1.25 bits per heavy atom. The summed E-state index contributed by atoms with van der Waals surface area (Å²) in [5, 5.41) is 2.91. The van der Waals surface area contributed by atoms with Gasteiger partial charge in [-0.05, 0) is 39.0 Å². The number of nitrogens with two attached hydrogens (primary N) is 1. The first-order valence-corrected chi connectivity index (χ1v) is 9.24. The molecule has 1 atom stereocenters. The third-order valence-corrected chi connectivity index (χ3v) is 5.01. The number of carbonyl (C=O) groups is 3. The van der Waals surface area contributed by atoms with Crippen LogP contribution >= 0.6 is 15.9 Å². The number of hydrogen-bond donors (Lipinski definition) is 2. The van der Waals surface area contributed by atoms with Crippen molar-refractivity contribution in [1.82, 2.24) is 0 Å². The Labute approximate surface area is 169 Å². The number of anilines is 1. The molecular formula is C19H19BrN2O6. The number of carbonyl (C=O) groups excluding carboxylic acids is 3. The third kappa shape index (κ3) is 2.77. The molecule has 2 aliphatic heterocycles. The van der Waals surface area contributed by atoms with Crippen molar-refractivity contribution in [3.8, 4) is 0 Å². The van der Waals surface area contributed by atoms with E-state index in [1.165, 1.54) is 14.0 Å². The van der Waals surface area contributed by atoms with Crippen LogP contribution in [0, 0.1) is 0 Å². The van der Waals surface area contributed by atoms with Gasteiger partial charge in [-0.15, -0.1) is 0 Å². The SMILES string of the molecule is COC(=O)C1=C(C)OC(=O)[C@]12C(C(=O)OC(C)C)=C(N)Nc1ccc(Br)cc12. The first-order valence-electron chi connectivity index (χ1n) is 8.44. The molecule has 1 aromatic carbocycles. The molecule has 28 heavy (non-hydrogen) atoms. The fraction of sp³-hybridized carbons (Fsp3) is 0.316. The minimum absolute atomic E-state index is 0.0346. The summed E-state index contributed by atoms with van der Waals surface area (Å²) in [5.41, 5.74) is 4.70. The molecule has 0 unspecified atom stereocenters. The maximum absolute atomic E-state index is 13.2. The number of fused-ring (bicyclic) bond motifs is 2. The summed E-state index contributed by atoms with van der Waals surface area (Å²) in [4.78, 5) is 38.9. The van der Waals surface area contributed by atoms with E-state index in [-0.39, 0.29) is 22.7 Å². The zero-order chi connectivity index (χ0) is 20.8. The Kier molecular flexibility index (Phi) is 4.97. The summed E-state index contributed by atoms with van der Waals surface area (Å²) in [6.07, 6.45) is -0.474. The molecule has 148 valence electrons. The van der Waals surface area contributed by atoms with Gasteiger partial charge in [0.2, 0.25) is 0 Å². The number of cyclic esters (lactones) is 1. The first-order chi connectivity index (χ1) is 13.1. The number of halogens is 1. The van der Waals surface area contributed by atoms with Gasteiger partial charge >= 0.3 is 17.9 Å². The number of rotatable bonds is 3. The average Bonchev–Trinajstić information content (AvgIpc) is 2.85. The highest BCUT2D eigenvalue weighted by molar-refractivity contribution is 9.10. The lowest BCUT2D eigenvalue weighted by Gasteiger charge is -2.36. The standard InChI is InChI=1S/C19H19BrN2O6/c1-8(2)27-17(24)14-15(21)22-12-6-5-10(20)7-11(12)19(14)13(16(23)26-4)9(3)28-18(19)25/h5-8,22H,21H2,1-4H3/t19-/m0/s1. The number of benzene rings is 1. The van der Waals surface area contributed by atoms with Crippen molar-refractivity contribution in [3.05, 3.63) is 51.0 Å². The van der Waals surface area contributed by atoms with E-state index in [0.29, 0.717) is 15.7 Å². The van der Waals surface area contributed by atoms with Crippen LogP contribution in [0.15, 0.2) is 45.4 Å². The lowest BCUT2D eigenvalue weighted by molar-refractivity contribution is -0.148. The Hall–Kier alpha value is -2.81. The molecule has 9 heteroatoms. The summed E-state index contributed by atoms with van der Waals surface area (Å²) >= 11 is 3.37. The van der Waals surface area contributed by atoms with Gasteiger partial charge in [0.1, 0.15) is 22.7 Å². The summed E-state index contributed by atoms with van der Waals surface area (Å²) in [6.45, 7) is 4.79. The minimum atomic E-state index is -1.91. The van der Waals surface area contributed by atoms with Crippen LogP contribution in [0.5, 0.6) is 0 Å². The van der Waals surface area contributed by atoms with Crippen molar-refractivity contribution in [2.75, 3.05) is 12.4 Å². The van der Waals surface area contributed by atoms with Crippen molar-refractivity contribution in [1.29, 1.82) is 0 Å². The summed E-state index contributed by atoms with van der Waals surface area (Å²) in [5.74, 6) is -2.54. The van der Waals surface area contributed by atoms with E-state index in [4.69, 9.17) is 19.9 Å². The van der Waals surface area contributed by atoms with E-state index in [0.717, 1.165) is 0 Å². The zero-order valence-electron chi connectivity index (χ0n) is 15.7. The molecule has 2 aliphatic rings. The summed E-state index contributed by atoms with van der Waals surface area (Å²) in [7, 11) is 1.18. The van der Waals surface area contributed by atoms with Crippen LogP contribution in [0.3, 0.4) is 0 Å². The topological polar surface area (TPSA) is 117 Å². The molecule has 0 saturated carbocycles. The highest BCUT2D eigenvalue weighted by Crippen LogP contribution is 2.53. The van der Waals surface area contributed by atoms with Crippen LogP contribution in [-0.2, 0) is 34.0 Å². The Morgan fingerprint density at radius 2 is 1.93 bits per heavy atom. The molecule has 0 fully saturated rings. The van der Waals surface area contributed by atoms with E-state index in [1.54, 1.807) is 32.0 Å². The van der Waals surface area contributed by atoms with Gasteiger partial charge < -0.3 is 25.3 Å². The number of hydrogen-bond acceptors (Lipinski definition) is 8. The van der Waals surface area contributed by atoms with Gasteiger partial charge in [-0.2, -0.15) is 0 Å². The minimum Gasteiger partial charge on any atom is -0.466 e. The van der Waals surface area contributed by atoms with Gasteiger partial charge in [0.05, 0.1) is 13.2 Å². The van der Waals surface area contributed by atoms with Gasteiger partial charge in [0, 0.05) is 15.7 Å². The molecule has 0 aliphatic carbocycles. The van der Waals surface area contributed by atoms with Crippen LogP contribution in [0.4, 0.5) is 5.69 Å². The van der Waals surface area contributed by atoms with Crippen molar-refractivity contribution in [2.45, 2.75) is 32.3 Å². The molecule has 1 aromatic rings. The largest absolute Gasteiger partial charge is 0.466 e. The number of methoxy groups -OCH3 is 1. The molecule has 3 rings (SSSR count). The van der Waals surface area contributed by atoms with Gasteiger partial charge in [0.25, 0.3) is 0 Å². The number of nitrogens with one attached hydrogen (secondary N) is 1. The summed E-state index contributed by atoms with van der Waals surface area (Å²) < 4.78 is 16.2. The van der Waals surface area contributed by atoms with E-state index >= 15 is 0 Å². The van der Waals surface area contributed by atoms with Crippen LogP contribution in [0.2, 0.25) is 0 Å². The molecule has 3 N–H and O–H groups in total. The second-order valence-corrected chi connectivity index (χ2v) is 7.54. The van der Waals surface area contributed by atoms with Crippen LogP contribution in [0.1, 0.15) is 26.3 Å².